The SMILES string of the molecule is C=CCc1cc(/C=C2/SC(=Nc3ccc(F)cc3)NC2=O)cc(OCC)c1OCc1ccccc1. The van der Waals surface area contributed by atoms with Crippen molar-refractivity contribution in [3.8, 4) is 11.5 Å². The third-order valence-corrected chi connectivity index (χ3v) is 5.96. The van der Waals surface area contributed by atoms with Crippen LogP contribution in [0.2, 0.25) is 0 Å². The second-order valence-corrected chi connectivity index (χ2v) is 8.70. The average molecular weight is 489 g/mol. The number of allylic oxidation sites excluding steroid dienone is 1. The highest BCUT2D eigenvalue weighted by Crippen LogP contribution is 2.36. The molecule has 178 valence electrons. The van der Waals surface area contributed by atoms with Crippen molar-refractivity contribution in [2.75, 3.05) is 6.61 Å². The Morgan fingerprint density at radius 3 is 2.57 bits per heavy atom. The first kappa shape index (κ1) is 24.3. The van der Waals surface area contributed by atoms with Crippen LogP contribution in [0.15, 0.2) is 89.3 Å². The molecule has 0 bridgehead atoms. The van der Waals surface area contributed by atoms with E-state index in [0.717, 1.165) is 16.7 Å². The fourth-order valence-electron chi connectivity index (χ4n) is 3.50. The van der Waals surface area contributed by atoms with Crippen molar-refractivity contribution >= 4 is 34.6 Å². The van der Waals surface area contributed by atoms with Gasteiger partial charge in [0.1, 0.15) is 12.4 Å². The summed E-state index contributed by atoms with van der Waals surface area (Å²) in [6, 6.07) is 19.5. The van der Waals surface area contributed by atoms with Crippen LogP contribution in [0, 0.1) is 5.82 Å². The van der Waals surface area contributed by atoms with Gasteiger partial charge in [-0.25, -0.2) is 9.38 Å². The molecule has 4 rings (SSSR count). The van der Waals surface area contributed by atoms with Gasteiger partial charge in [0, 0.05) is 5.56 Å². The molecule has 1 aliphatic heterocycles. The van der Waals surface area contributed by atoms with Gasteiger partial charge >= 0.3 is 0 Å². The van der Waals surface area contributed by atoms with Crippen LogP contribution in [-0.2, 0) is 17.8 Å². The minimum absolute atomic E-state index is 0.247. The number of amides is 1. The lowest BCUT2D eigenvalue weighted by molar-refractivity contribution is -0.115. The number of nitrogens with zero attached hydrogens (tertiary/aromatic N) is 1. The summed E-state index contributed by atoms with van der Waals surface area (Å²) in [6.45, 7) is 6.67. The van der Waals surface area contributed by atoms with E-state index in [1.807, 2.05) is 55.5 Å². The molecular weight excluding hydrogens is 463 g/mol. The number of aliphatic imine (C=N–C) groups is 1. The molecule has 3 aromatic rings. The maximum atomic E-state index is 13.1. The third-order valence-electron chi connectivity index (χ3n) is 5.05. The van der Waals surface area contributed by atoms with E-state index in [-0.39, 0.29) is 11.7 Å². The fraction of sp³-hybridized carbons (Fsp3) is 0.143. The normalized spacial score (nSPS) is 15.3. The molecule has 0 aliphatic carbocycles. The van der Waals surface area contributed by atoms with Gasteiger partial charge in [-0.3, -0.25) is 4.79 Å². The molecule has 0 spiro atoms. The van der Waals surface area contributed by atoms with E-state index in [0.29, 0.717) is 46.9 Å². The van der Waals surface area contributed by atoms with Crippen LogP contribution in [-0.4, -0.2) is 17.7 Å². The van der Waals surface area contributed by atoms with Gasteiger partial charge in [0.25, 0.3) is 5.91 Å². The van der Waals surface area contributed by atoms with Crippen LogP contribution in [0.25, 0.3) is 6.08 Å². The molecule has 1 N–H and O–H groups in total. The number of carbonyl (C=O) groups excluding carboxylic acids is 1. The summed E-state index contributed by atoms with van der Waals surface area (Å²) in [5, 5.41) is 3.19. The maximum Gasteiger partial charge on any atom is 0.264 e. The zero-order valence-corrected chi connectivity index (χ0v) is 20.1. The molecule has 0 aromatic heterocycles. The van der Waals surface area contributed by atoms with Crippen molar-refractivity contribution in [2.24, 2.45) is 4.99 Å². The van der Waals surface area contributed by atoms with E-state index in [9.17, 15) is 9.18 Å². The summed E-state index contributed by atoms with van der Waals surface area (Å²) < 4.78 is 25.2. The summed E-state index contributed by atoms with van der Waals surface area (Å²) in [5.74, 6) is 0.691. The van der Waals surface area contributed by atoms with Crippen LogP contribution in [0.3, 0.4) is 0 Å². The van der Waals surface area contributed by atoms with Gasteiger partial charge in [-0.2, -0.15) is 0 Å². The molecule has 3 aromatic carbocycles. The van der Waals surface area contributed by atoms with Crippen molar-refractivity contribution in [2.45, 2.75) is 20.0 Å². The van der Waals surface area contributed by atoms with Crippen molar-refractivity contribution in [1.29, 1.82) is 0 Å². The molecule has 1 amide bonds. The summed E-state index contributed by atoms with van der Waals surface area (Å²) in [7, 11) is 0. The number of amidine groups is 1. The van der Waals surface area contributed by atoms with Crippen LogP contribution in [0.1, 0.15) is 23.6 Å². The average Bonchev–Trinajstić information content (AvgIpc) is 3.19. The van der Waals surface area contributed by atoms with E-state index in [4.69, 9.17) is 9.47 Å². The Kier molecular flexibility index (Phi) is 8.00. The van der Waals surface area contributed by atoms with Gasteiger partial charge in [0.15, 0.2) is 16.7 Å². The highest BCUT2D eigenvalue weighted by atomic mass is 32.2. The third kappa shape index (κ3) is 6.39. The lowest BCUT2D eigenvalue weighted by Gasteiger charge is -2.17. The van der Waals surface area contributed by atoms with E-state index >= 15 is 0 Å². The largest absolute Gasteiger partial charge is 0.490 e. The monoisotopic (exact) mass is 488 g/mol. The molecule has 7 heteroatoms. The Morgan fingerprint density at radius 2 is 1.86 bits per heavy atom. The number of benzene rings is 3. The number of nitrogens with one attached hydrogen (secondary N) is 1. The molecule has 5 nitrogen and oxygen atoms in total. The number of halogens is 1. The first-order valence-electron chi connectivity index (χ1n) is 11.2. The zero-order chi connectivity index (χ0) is 24.6. The number of ether oxygens (including phenoxy) is 2. The van der Waals surface area contributed by atoms with E-state index in [1.54, 1.807) is 18.2 Å². The van der Waals surface area contributed by atoms with Crippen molar-refractivity contribution in [1.82, 2.24) is 5.32 Å². The second kappa shape index (κ2) is 11.5. The molecular formula is C28H25FN2O3S. The fourth-order valence-corrected chi connectivity index (χ4v) is 4.34. The van der Waals surface area contributed by atoms with Crippen LogP contribution in [0.4, 0.5) is 10.1 Å². The minimum atomic E-state index is -0.339. The Hall–Kier alpha value is -3.84. The summed E-state index contributed by atoms with van der Waals surface area (Å²) in [5.41, 5.74) is 3.33. The molecule has 35 heavy (non-hydrogen) atoms. The van der Waals surface area contributed by atoms with Gasteiger partial charge in [0.2, 0.25) is 0 Å². The maximum absolute atomic E-state index is 13.1. The lowest BCUT2D eigenvalue weighted by Crippen LogP contribution is -2.19. The molecule has 1 fully saturated rings. The summed E-state index contributed by atoms with van der Waals surface area (Å²) in [4.78, 5) is 17.4. The predicted molar refractivity (Wildman–Crippen MR) is 139 cm³/mol. The number of rotatable bonds is 9. The Morgan fingerprint density at radius 1 is 1.09 bits per heavy atom. The molecule has 1 saturated heterocycles. The van der Waals surface area contributed by atoms with Crippen molar-refractivity contribution < 1.29 is 18.7 Å². The Bertz CT molecular complexity index is 1270. The van der Waals surface area contributed by atoms with E-state index < -0.39 is 0 Å². The quantitative estimate of drug-likeness (QED) is 0.279. The van der Waals surface area contributed by atoms with Crippen LogP contribution < -0.4 is 14.8 Å². The number of carbonyl (C=O) groups is 1. The van der Waals surface area contributed by atoms with Gasteiger partial charge in [-0.15, -0.1) is 6.58 Å². The zero-order valence-electron chi connectivity index (χ0n) is 19.3. The lowest BCUT2D eigenvalue weighted by atomic mass is 10.0. The van der Waals surface area contributed by atoms with Gasteiger partial charge in [0.05, 0.1) is 17.2 Å². The minimum Gasteiger partial charge on any atom is -0.490 e. The summed E-state index contributed by atoms with van der Waals surface area (Å²) in [6.07, 6.45) is 4.18. The number of hydrogen-bond acceptors (Lipinski definition) is 5. The van der Waals surface area contributed by atoms with E-state index in [1.165, 1.54) is 23.9 Å². The highest BCUT2D eigenvalue weighted by molar-refractivity contribution is 8.18. The molecule has 0 atom stereocenters. The molecule has 0 unspecified atom stereocenters. The van der Waals surface area contributed by atoms with Crippen LogP contribution >= 0.6 is 11.8 Å². The first-order chi connectivity index (χ1) is 17.1. The molecule has 1 aliphatic rings. The molecule has 0 radical (unpaired) electrons. The topological polar surface area (TPSA) is 59.9 Å². The molecule has 0 saturated carbocycles. The Balaban J connectivity index is 1.61. The van der Waals surface area contributed by atoms with Crippen molar-refractivity contribution in [3.63, 3.8) is 0 Å². The predicted octanol–water partition coefficient (Wildman–Crippen LogP) is 6.42. The summed E-state index contributed by atoms with van der Waals surface area (Å²) >= 11 is 1.23. The van der Waals surface area contributed by atoms with Gasteiger partial charge in [-0.05, 0) is 78.7 Å². The first-order valence-corrected chi connectivity index (χ1v) is 12.0. The number of hydrogen-bond donors (Lipinski definition) is 1. The van der Waals surface area contributed by atoms with Gasteiger partial charge in [-0.1, -0.05) is 36.4 Å². The second-order valence-electron chi connectivity index (χ2n) is 7.67. The van der Waals surface area contributed by atoms with Crippen molar-refractivity contribution in [3.05, 3.63) is 107 Å². The van der Waals surface area contributed by atoms with Gasteiger partial charge < -0.3 is 14.8 Å². The number of thioether (sulfide) groups is 1. The standard InChI is InChI=1S/C28H25FN2O3S/c1-3-8-21-15-20(16-24(33-4-2)26(21)34-18-19-9-6-5-7-10-19)17-25-27(32)31-28(35-25)30-23-13-11-22(29)12-14-23/h3,5-7,9-17H,1,4,8,18H2,2H3,(H,30,31,32)/b25-17+. The van der Waals surface area contributed by atoms with E-state index in [2.05, 4.69) is 16.9 Å². The Labute approximate surface area is 208 Å². The van der Waals surface area contributed by atoms with Crippen LogP contribution in [0.5, 0.6) is 11.5 Å². The molecule has 1 heterocycles. The smallest absolute Gasteiger partial charge is 0.264 e. The highest BCUT2D eigenvalue weighted by Gasteiger charge is 2.24.